The predicted molar refractivity (Wildman–Crippen MR) is 123 cm³/mol. The molecule has 31 heavy (non-hydrogen) atoms. The zero-order valence-electron chi connectivity index (χ0n) is 17.1. The summed E-state index contributed by atoms with van der Waals surface area (Å²) in [5.41, 5.74) is 3.63. The van der Waals surface area contributed by atoms with Crippen molar-refractivity contribution in [1.29, 1.82) is 0 Å². The van der Waals surface area contributed by atoms with E-state index in [0.29, 0.717) is 22.4 Å². The molecule has 0 spiro atoms. The molecule has 8 nitrogen and oxygen atoms in total. The number of hydrogen-bond donors (Lipinski definition) is 1. The first-order chi connectivity index (χ1) is 15.1. The van der Waals surface area contributed by atoms with Gasteiger partial charge in [0.25, 0.3) is 5.56 Å². The average Bonchev–Trinajstić information content (AvgIpc) is 2.80. The molecule has 0 saturated heterocycles. The zero-order chi connectivity index (χ0) is 21.5. The Balaban J connectivity index is 1.63. The van der Waals surface area contributed by atoms with E-state index in [9.17, 15) is 4.79 Å². The molecule has 156 valence electrons. The van der Waals surface area contributed by atoms with Crippen LogP contribution in [0.5, 0.6) is 0 Å². The van der Waals surface area contributed by atoms with E-state index in [1.165, 1.54) is 0 Å². The van der Waals surface area contributed by atoms with Gasteiger partial charge in [-0.25, -0.2) is 4.98 Å². The van der Waals surface area contributed by atoms with Crippen molar-refractivity contribution < 1.29 is 0 Å². The van der Waals surface area contributed by atoms with Gasteiger partial charge in [0, 0.05) is 55.4 Å². The molecule has 1 N–H and O–H groups in total. The number of fused-ring (bicyclic) bond motifs is 3. The molecular formula is C22H20ClN7O. The maximum Gasteiger partial charge on any atom is 0.276 e. The summed E-state index contributed by atoms with van der Waals surface area (Å²) in [5.74, 6) is 2.26. The highest BCUT2D eigenvalue weighted by molar-refractivity contribution is 6.40. The fraction of sp³-hybridized carbons (Fsp3) is 0.227. The quantitative estimate of drug-likeness (QED) is 0.682. The first-order valence-electron chi connectivity index (χ1n) is 10.0. The molecule has 2 aliphatic rings. The molecule has 0 saturated carbocycles. The molecule has 0 aliphatic carbocycles. The number of aromatic nitrogens is 4. The maximum absolute atomic E-state index is 12.4. The number of benzene rings is 1. The van der Waals surface area contributed by atoms with Gasteiger partial charge in [-0.1, -0.05) is 17.7 Å². The summed E-state index contributed by atoms with van der Waals surface area (Å²) in [5, 5.41) is 3.53. The highest BCUT2D eigenvalue weighted by Gasteiger charge is 2.30. The van der Waals surface area contributed by atoms with E-state index in [1.54, 1.807) is 43.2 Å². The van der Waals surface area contributed by atoms with E-state index >= 15 is 0 Å². The average molecular weight is 434 g/mol. The topological polar surface area (TPSA) is 88.3 Å². The Bertz CT molecular complexity index is 1310. The second-order valence-electron chi connectivity index (χ2n) is 7.34. The van der Waals surface area contributed by atoms with Gasteiger partial charge in [0.1, 0.15) is 17.3 Å². The van der Waals surface area contributed by atoms with Gasteiger partial charge in [0.05, 0.1) is 10.7 Å². The number of amidine groups is 1. The standard InChI is InChI=1S/C22H20ClN7O/c1-13-21(31)29(9-7-25-13)15-4-5-16(18(23)11-15)17-10-14-12-27-22(24-2)28-19(14)30-8-3-6-26-20(17)30/h4-5,7,9-12H,3,6,8H2,1-2H3,(H,24,27,28). The lowest BCUT2D eigenvalue weighted by molar-refractivity contribution is 0.784. The van der Waals surface area contributed by atoms with Crippen LogP contribution in [0.3, 0.4) is 0 Å². The Hall–Kier alpha value is -3.52. The summed E-state index contributed by atoms with van der Waals surface area (Å²) < 4.78 is 1.54. The number of nitrogens with one attached hydrogen (secondary N) is 1. The molecule has 0 bridgehead atoms. The van der Waals surface area contributed by atoms with Crippen LogP contribution in [0.4, 0.5) is 11.8 Å². The first-order valence-corrected chi connectivity index (χ1v) is 10.4. The minimum Gasteiger partial charge on any atom is -0.357 e. The van der Waals surface area contributed by atoms with Crippen molar-refractivity contribution in [2.45, 2.75) is 13.3 Å². The van der Waals surface area contributed by atoms with Crippen LogP contribution >= 0.6 is 11.6 Å². The predicted octanol–water partition coefficient (Wildman–Crippen LogP) is 3.19. The molecule has 4 heterocycles. The summed E-state index contributed by atoms with van der Waals surface area (Å²) in [6.45, 7) is 3.27. The van der Waals surface area contributed by atoms with Gasteiger partial charge < -0.3 is 10.2 Å². The van der Waals surface area contributed by atoms with E-state index in [4.69, 9.17) is 16.6 Å². The van der Waals surface area contributed by atoms with Gasteiger partial charge in [0.15, 0.2) is 0 Å². The van der Waals surface area contributed by atoms with Crippen LogP contribution < -0.4 is 15.8 Å². The molecule has 0 radical (unpaired) electrons. The van der Waals surface area contributed by atoms with Crippen LogP contribution in [0.25, 0.3) is 17.3 Å². The van der Waals surface area contributed by atoms with Gasteiger partial charge in [-0.3, -0.25) is 19.3 Å². The van der Waals surface area contributed by atoms with Gasteiger partial charge >= 0.3 is 0 Å². The van der Waals surface area contributed by atoms with E-state index in [2.05, 4.69) is 25.2 Å². The van der Waals surface area contributed by atoms with Crippen molar-refractivity contribution in [2.24, 2.45) is 4.99 Å². The van der Waals surface area contributed by atoms with Crippen LogP contribution in [0.2, 0.25) is 5.02 Å². The second-order valence-corrected chi connectivity index (χ2v) is 7.75. The number of anilines is 2. The van der Waals surface area contributed by atoms with Gasteiger partial charge in [-0.2, -0.15) is 4.98 Å². The summed E-state index contributed by atoms with van der Waals surface area (Å²) in [6.07, 6.45) is 8.03. The largest absolute Gasteiger partial charge is 0.357 e. The fourth-order valence-corrected chi connectivity index (χ4v) is 4.14. The molecule has 0 atom stereocenters. The number of hydrogen-bond acceptors (Lipinski definition) is 7. The van der Waals surface area contributed by atoms with Crippen LogP contribution in [0.1, 0.15) is 23.2 Å². The lowest BCUT2D eigenvalue weighted by Crippen LogP contribution is -2.39. The molecule has 0 amide bonds. The fourth-order valence-electron chi connectivity index (χ4n) is 3.87. The summed E-state index contributed by atoms with van der Waals surface area (Å²) in [4.78, 5) is 32.4. The molecule has 2 aromatic heterocycles. The van der Waals surface area contributed by atoms with Crippen LogP contribution in [0, 0.1) is 6.92 Å². The molecule has 1 aromatic carbocycles. The Morgan fingerprint density at radius 3 is 2.90 bits per heavy atom. The Morgan fingerprint density at radius 2 is 2.10 bits per heavy atom. The number of halogens is 1. The SMILES string of the molecule is CNc1ncc2c(n1)N1CCCN=C1C(c1ccc(-n3ccnc(C)c3=O)cc1Cl)=C2. The molecule has 0 unspecified atom stereocenters. The summed E-state index contributed by atoms with van der Waals surface area (Å²) >= 11 is 6.72. The van der Waals surface area contributed by atoms with Crippen molar-refractivity contribution in [2.75, 3.05) is 30.4 Å². The molecule has 0 fully saturated rings. The Labute approximate surface area is 184 Å². The van der Waals surface area contributed by atoms with Crippen LogP contribution in [0.15, 0.2) is 46.6 Å². The molecule has 9 heteroatoms. The molecule has 5 rings (SSSR count). The highest BCUT2D eigenvalue weighted by atomic mass is 35.5. The minimum absolute atomic E-state index is 0.169. The lowest BCUT2D eigenvalue weighted by atomic mass is 9.96. The second kappa shape index (κ2) is 7.63. The third-order valence-corrected chi connectivity index (χ3v) is 5.72. The zero-order valence-corrected chi connectivity index (χ0v) is 17.9. The third-order valence-electron chi connectivity index (χ3n) is 5.41. The highest BCUT2D eigenvalue weighted by Crippen LogP contribution is 2.37. The van der Waals surface area contributed by atoms with Gasteiger partial charge in [-0.05, 0) is 31.6 Å². The van der Waals surface area contributed by atoms with Crippen molar-refractivity contribution in [3.05, 3.63) is 69.0 Å². The molecular weight excluding hydrogens is 414 g/mol. The van der Waals surface area contributed by atoms with Crippen LogP contribution in [-0.4, -0.2) is 45.5 Å². The van der Waals surface area contributed by atoms with E-state index in [1.807, 2.05) is 18.2 Å². The lowest BCUT2D eigenvalue weighted by Gasteiger charge is -2.34. The smallest absolute Gasteiger partial charge is 0.276 e. The van der Waals surface area contributed by atoms with Crippen molar-refractivity contribution in [1.82, 2.24) is 19.5 Å². The Kier molecular flexibility index (Phi) is 4.78. The number of rotatable bonds is 3. The number of aryl methyl sites for hydroxylation is 1. The Morgan fingerprint density at radius 1 is 1.23 bits per heavy atom. The van der Waals surface area contributed by atoms with E-state index in [0.717, 1.165) is 47.9 Å². The number of aliphatic imine (C=N–C) groups is 1. The van der Waals surface area contributed by atoms with Crippen molar-refractivity contribution >= 4 is 40.9 Å². The van der Waals surface area contributed by atoms with Crippen molar-refractivity contribution in [3.8, 4) is 5.69 Å². The maximum atomic E-state index is 12.4. The summed E-state index contributed by atoms with van der Waals surface area (Å²) in [7, 11) is 1.80. The minimum atomic E-state index is -0.169. The molecule has 2 aliphatic heterocycles. The van der Waals surface area contributed by atoms with Gasteiger partial charge in [0.2, 0.25) is 5.95 Å². The number of nitrogens with zero attached hydrogens (tertiary/aromatic N) is 6. The monoisotopic (exact) mass is 433 g/mol. The van der Waals surface area contributed by atoms with E-state index in [-0.39, 0.29) is 5.56 Å². The summed E-state index contributed by atoms with van der Waals surface area (Å²) in [6, 6.07) is 5.60. The third kappa shape index (κ3) is 3.29. The van der Waals surface area contributed by atoms with Crippen molar-refractivity contribution in [3.63, 3.8) is 0 Å². The van der Waals surface area contributed by atoms with E-state index < -0.39 is 0 Å². The molecule has 3 aromatic rings. The first kappa shape index (κ1) is 19.4. The van der Waals surface area contributed by atoms with Crippen LogP contribution in [-0.2, 0) is 0 Å². The normalized spacial score (nSPS) is 15.0. The van der Waals surface area contributed by atoms with Gasteiger partial charge in [-0.15, -0.1) is 0 Å².